The van der Waals surface area contributed by atoms with Gasteiger partial charge in [-0.2, -0.15) is 0 Å². The van der Waals surface area contributed by atoms with Crippen LogP contribution in [-0.4, -0.2) is 29.5 Å². The molecule has 0 saturated heterocycles. The van der Waals surface area contributed by atoms with Gasteiger partial charge in [0.25, 0.3) is 0 Å². The van der Waals surface area contributed by atoms with Gasteiger partial charge in [-0.25, -0.2) is 4.39 Å². The largest absolute Gasteiger partial charge is 0.394 e. The molecule has 0 aliphatic rings. The third-order valence-electron chi connectivity index (χ3n) is 3.03. The Balaban J connectivity index is 2.05. The van der Waals surface area contributed by atoms with Crippen molar-refractivity contribution in [1.29, 1.82) is 0 Å². The molecular formula is C16H17FO3. The minimum atomic E-state index is -0.568. The second kappa shape index (κ2) is 7.14. The predicted molar refractivity (Wildman–Crippen MR) is 74.6 cm³/mol. The van der Waals surface area contributed by atoms with Crippen LogP contribution in [0.2, 0.25) is 0 Å². The first-order valence-corrected chi connectivity index (χ1v) is 6.41. The second-order valence-corrected chi connectivity index (χ2v) is 4.47. The Morgan fingerprint density at radius 2 is 1.60 bits per heavy atom. The smallest absolute Gasteiger partial charge is 0.131 e. The molecule has 0 spiro atoms. The number of aliphatic hydroxyl groups excluding tert-OH is 2. The van der Waals surface area contributed by atoms with E-state index in [4.69, 9.17) is 14.9 Å². The van der Waals surface area contributed by atoms with Crippen LogP contribution in [-0.2, 0) is 11.3 Å². The molecule has 0 fully saturated rings. The zero-order valence-corrected chi connectivity index (χ0v) is 11.0. The Labute approximate surface area is 117 Å². The average molecular weight is 276 g/mol. The molecule has 0 heterocycles. The Kier molecular flexibility index (Phi) is 5.24. The Bertz CT molecular complexity index is 536. The molecule has 0 aromatic heterocycles. The summed E-state index contributed by atoms with van der Waals surface area (Å²) in [4.78, 5) is 0. The van der Waals surface area contributed by atoms with Crippen LogP contribution >= 0.6 is 0 Å². The van der Waals surface area contributed by atoms with Crippen LogP contribution in [0.1, 0.15) is 5.56 Å². The Hall–Kier alpha value is -1.75. The van der Waals surface area contributed by atoms with E-state index in [1.54, 1.807) is 18.2 Å². The summed E-state index contributed by atoms with van der Waals surface area (Å²) >= 11 is 0. The Morgan fingerprint density at radius 1 is 0.950 bits per heavy atom. The molecule has 4 heteroatoms. The summed E-state index contributed by atoms with van der Waals surface area (Å²) in [5.41, 5.74) is 2.26. The van der Waals surface area contributed by atoms with Crippen LogP contribution in [0.3, 0.4) is 0 Å². The van der Waals surface area contributed by atoms with E-state index in [0.29, 0.717) is 12.2 Å². The quantitative estimate of drug-likeness (QED) is 0.851. The molecule has 20 heavy (non-hydrogen) atoms. The van der Waals surface area contributed by atoms with Gasteiger partial charge in [0.15, 0.2) is 0 Å². The standard InChI is InChI=1S/C16H17FO3/c17-16-4-2-1-3-15(16)13-7-5-12(6-8-13)11-20-14(9-18)10-19/h1-8,14,18-19H,9-11H2. The molecule has 2 rings (SSSR count). The van der Waals surface area contributed by atoms with Crippen molar-refractivity contribution in [3.63, 3.8) is 0 Å². The summed E-state index contributed by atoms with van der Waals surface area (Å²) in [6, 6.07) is 13.9. The molecule has 2 N–H and O–H groups in total. The van der Waals surface area contributed by atoms with Crippen LogP contribution in [0.4, 0.5) is 4.39 Å². The van der Waals surface area contributed by atoms with E-state index < -0.39 is 6.10 Å². The zero-order chi connectivity index (χ0) is 14.4. The highest BCUT2D eigenvalue weighted by molar-refractivity contribution is 5.64. The van der Waals surface area contributed by atoms with E-state index in [0.717, 1.165) is 11.1 Å². The topological polar surface area (TPSA) is 49.7 Å². The normalized spacial score (nSPS) is 11.0. The van der Waals surface area contributed by atoms with E-state index in [1.165, 1.54) is 6.07 Å². The van der Waals surface area contributed by atoms with Crippen LogP contribution in [0.15, 0.2) is 48.5 Å². The van der Waals surface area contributed by atoms with Crippen LogP contribution in [0.25, 0.3) is 11.1 Å². The maximum absolute atomic E-state index is 13.6. The number of aliphatic hydroxyl groups is 2. The first-order chi connectivity index (χ1) is 9.74. The molecule has 0 aliphatic heterocycles. The fourth-order valence-electron chi connectivity index (χ4n) is 1.85. The molecule has 0 unspecified atom stereocenters. The third kappa shape index (κ3) is 3.63. The summed E-state index contributed by atoms with van der Waals surface area (Å²) in [7, 11) is 0. The maximum Gasteiger partial charge on any atom is 0.131 e. The molecule has 0 amide bonds. The monoisotopic (exact) mass is 276 g/mol. The number of hydrogen-bond acceptors (Lipinski definition) is 3. The lowest BCUT2D eigenvalue weighted by atomic mass is 10.0. The van der Waals surface area contributed by atoms with Gasteiger partial charge in [-0.15, -0.1) is 0 Å². The minimum absolute atomic E-state index is 0.218. The molecule has 2 aromatic carbocycles. The van der Waals surface area contributed by atoms with E-state index in [-0.39, 0.29) is 19.0 Å². The molecule has 0 bridgehead atoms. The van der Waals surface area contributed by atoms with Gasteiger partial charge in [-0.05, 0) is 17.2 Å². The first kappa shape index (κ1) is 14.7. The second-order valence-electron chi connectivity index (χ2n) is 4.47. The van der Waals surface area contributed by atoms with E-state index >= 15 is 0 Å². The molecular weight excluding hydrogens is 259 g/mol. The van der Waals surface area contributed by atoms with Gasteiger partial charge in [-0.1, -0.05) is 42.5 Å². The van der Waals surface area contributed by atoms with Gasteiger partial charge in [0.05, 0.1) is 19.8 Å². The van der Waals surface area contributed by atoms with Gasteiger partial charge >= 0.3 is 0 Å². The number of hydrogen-bond donors (Lipinski definition) is 2. The van der Waals surface area contributed by atoms with Crippen LogP contribution < -0.4 is 0 Å². The highest BCUT2D eigenvalue weighted by Gasteiger charge is 2.07. The van der Waals surface area contributed by atoms with Gasteiger partial charge < -0.3 is 14.9 Å². The number of halogens is 1. The highest BCUT2D eigenvalue weighted by Crippen LogP contribution is 2.22. The van der Waals surface area contributed by atoms with Crippen molar-refractivity contribution >= 4 is 0 Å². The maximum atomic E-state index is 13.6. The van der Waals surface area contributed by atoms with E-state index in [9.17, 15) is 4.39 Å². The van der Waals surface area contributed by atoms with Crippen molar-refractivity contribution < 1.29 is 19.3 Å². The zero-order valence-electron chi connectivity index (χ0n) is 11.0. The molecule has 106 valence electrons. The van der Waals surface area contributed by atoms with Crippen molar-refractivity contribution in [3.8, 4) is 11.1 Å². The van der Waals surface area contributed by atoms with E-state index in [1.807, 2.05) is 24.3 Å². The molecule has 2 aromatic rings. The number of benzene rings is 2. The fraction of sp³-hybridized carbons (Fsp3) is 0.250. The molecule has 0 saturated carbocycles. The SMILES string of the molecule is OCC(CO)OCc1ccc(-c2ccccc2F)cc1. The summed E-state index contributed by atoms with van der Waals surface area (Å²) < 4.78 is 19.0. The summed E-state index contributed by atoms with van der Waals surface area (Å²) in [6.45, 7) is -0.142. The van der Waals surface area contributed by atoms with Crippen molar-refractivity contribution in [2.75, 3.05) is 13.2 Å². The lowest BCUT2D eigenvalue weighted by Crippen LogP contribution is -2.21. The van der Waals surface area contributed by atoms with Crippen molar-refractivity contribution in [1.82, 2.24) is 0 Å². The van der Waals surface area contributed by atoms with Crippen molar-refractivity contribution in [2.45, 2.75) is 12.7 Å². The number of rotatable bonds is 6. The van der Waals surface area contributed by atoms with Crippen molar-refractivity contribution in [3.05, 3.63) is 59.9 Å². The van der Waals surface area contributed by atoms with Crippen molar-refractivity contribution in [2.24, 2.45) is 0 Å². The van der Waals surface area contributed by atoms with Gasteiger partial charge in [-0.3, -0.25) is 0 Å². The molecule has 0 aliphatic carbocycles. The van der Waals surface area contributed by atoms with Gasteiger partial charge in [0.2, 0.25) is 0 Å². The molecule has 3 nitrogen and oxygen atoms in total. The lowest BCUT2D eigenvalue weighted by molar-refractivity contribution is -0.0284. The predicted octanol–water partition coefficient (Wildman–Crippen LogP) is 2.36. The van der Waals surface area contributed by atoms with E-state index in [2.05, 4.69) is 0 Å². The Morgan fingerprint density at radius 3 is 2.20 bits per heavy atom. The highest BCUT2D eigenvalue weighted by atomic mass is 19.1. The molecule has 0 radical (unpaired) electrons. The summed E-state index contributed by atoms with van der Waals surface area (Å²) in [5.74, 6) is -0.253. The number of ether oxygens (including phenoxy) is 1. The summed E-state index contributed by atoms with van der Waals surface area (Å²) in [5, 5.41) is 17.8. The average Bonchev–Trinajstić information content (AvgIpc) is 2.49. The third-order valence-corrected chi connectivity index (χ3v) is 3.03. The van der Waals surface area contributed by atoms with Gasteiger partial charge in [0, 0.05) is 5.56 Å². The minimum Gasteiger partial charge on any atom is -0.394 e. The lowest BCUT2D eigenvalue weighted by Gasteiger charge is -2.12. The molecule has 0 atom stereocenters. The van der Waals surface area contributed by atoms with Crippen LogP contribution in [0.5, 0.6) is 0 Å². The van der Waals surface area contributed by atoms with Crippen LogP contribution in [0, 0.1) is 5.82 Å². The summed E-state index contributed by atoms with van der Waals surface area (Å²) in [6.07, 6.45) is -0.568. The fourth-order valence-corrected chi connectivity index (χ4v) is 1.85. The van der Waals surface area contributed by atoms with Gasteiger partial charge in [0.1, 0.15) is 11.9 Å². The first-order valence-electron chi connectivity index (χ1n) is 6.41.